The summed E-state index contributed by atoms with van der Waals surface area (Å²) in [6.07, 6.45) is 0. The van der Waals surface area contributed by atoms with E-state index in [1.165, 1.54) is 42.5 Å². The molecular formula is C13H7Cl2NO3S. The molecule has 7 heteroatoms. The Morgan fingerprint density at radius 1 is 1.10 bits per heavy atom. The van der Waals surface area contributed by atoms with Crippen molar-refractivity contribution >= 4 is 33.3 Å². The van der Waals surface area contributed by atoms with Crippen LogP contribution in [0.2, 0.25) is 10.0 Å². The van der Waals surface area contributed by atoms with E-state index in [9.17, 15) is 8.42 Å². The van der Waals surface area contributed by atoms with E-state index in [2.05, 4.69) is 0 Å². The Kier molecular flexibility index (Phi) is 4.19. The molecule has 0 spiro atoms. The van der Waals surface area contributed by atoms with Gasteiger partial charge in [0, 0.05) is 0 Å². The summed E-state index contributed by atoms with van der Waals surface area (Å²) in [7, 11) is -4.08. The third kappa shape index (κ3) is 3.05. The van der Waals surface area contributed by atoms with E-state index in [1.807, 2.05) is 6.07 Å². The van der Waals surface area contributed by atoms with Crippen LogP contribution in [0.4, 0.5) is 0 Å². The first-order chi connectivity index (χ1) is 9.44. The monoisotopic (exact) mass is 327 g/mol. The standard InChI is InChI=1S/C13H7Cl2NO3S/c14-11-5-2-6-12(13(11)15)19-20(17,18)10-4-1-3-9(7-10)8-16/h1-7H. The molecule has 0 atom stereocenters. The van der Waals surface area contributed by atoms with Crippen LogP contribution in [0.1, 0.15) is 5.56 Å². The molecule has 0 amide bonds. The maximum absolute atomic E-state index is 12.1. The predicted molar refractivity (Wildman–Crippen MR) is 75.4 cm³/mol. The van der Waals surface area contributed by atoms with Gasteiger partial charge in [0.1, 0.15) is 9.92 Å². The lowest BCUT2D eigenvalue weighted by molar-refractivity contribution is 0.486. The van der Waals surface area contributed by atoms with Gasteiger partial charge in [-0.3, -0.25) is 0 Å². The van der Waals surface area contributed by atoms with E-state index < -0.39 is 10.1 Å². The SMILES string of the molecule is N#Cc1cccc(S(=O)(=O)Oc2cccc(Cl)c2Cl)c1. The number of rotatable bonds is 3. The number of halogens is 2. The van der Waals surface area contributed by atoms with Gasteiger partial charge in [-0.25, -0.2) is 0 Å². The van der Waals surface area contributed by atoms with E-state index in [0.717, 1.165) is 0 Å². The Hall–Kier alpha value is -1.74. The van der Waals surface area contributed by atoms with E-state index in [1.54, 1.807) is 0 Å². The third-order valence-electron chi connectivity index (χ3n) is 2.37. The molecular weight excluding hydrogens is 321 g/mol. The molecule has 0 aliphatic heterocycles. The highest BCUT2D eigenvalue weighted by Gasteiger charge is 2.19. The molecule has 102 valence electrons. The zero-order valence-corrected chi connectivity index (χ0v) is 12.2. The topological polar surface area (TPSA) is 67.2 Å². The van der Waals surface area contributed by atoms with Crippen molar-refractivity contribution < 1.29 is 12.6 Å². The molecule has 0 aliphatic rings. The quantitative estimate of drug-likeness (QED) is 0.807. The molecule has 0 heterocycles. The lowest BCUT2D eigenvalue weighted by Crippen LogP contribution is -2.10. The first-order valence-electron chi connectivity index (χ1n) is 5.33. The van der Waals surface area contributed by atoms with Gasteiger partial charge < -0.3 is 4.18 Å². The number of hydrogen-bond donors (Lipinski definition) is 0. The molecule has 0 aliphatic carbocycles. The van der Waals surface area contributed by atoms with Crippen molar-refractivity contribution in [1.29, 1.82) is 5.26 Å². The largest absolute Gasteiger partial charge is 0.377 e. The minimum atomic E-state index is -4.08. The average molecular weight is 328 g/mol. The Bertz CT molecular complexity index is 798. The van der Waals surface area contributed by atoms with Crippen molar-refractivity contribution in [1.82, 2.24) is 0 Å². The maximum atomic E-state index is 12.1. The van der Waals surface area contributed by atoms with E-state index in [0.29, 0.717) is 0 Å². The summed E-state index contributed by atoms with van der Waals surface area (Å²) in [5.74, 6) is -0.0680. The molecule has 0 radical (unpaired) electrons. The fourth-order valence-electron chi connectivity index (χ4n) is 1.44. The number of nitriles is 1. The molecule has 0 saturated carbocycles. The Morgan fingerprint density at radius 3 is 2.50 bits per heavy atom. The molecule has 0 unspecified atom stereocenters. The van der Waals surface area contributed by atoms with Gasteiger partial charge in [-0.15, -0.1) is 0 Å². The number of nitrogens with zero attached hydrogens (tertiary/aromatic N) is 1. The zero-order valence-electron chi connectivity index (χ0n) is 9.88. The van der Waals surface area contributed by atoms with Crippen LogP contribution in [-0.4, -0.2) is 8.42 Å². The van der Waals surface area contributed by atoms with Crippen molar-refractivity contribution in [2.75, 3.05) is 0 Å². The van der Waals surface area contributed by atoms with Gasteiger partial charge in [0.05, 0.1) is 16.7 Å². The molecule has 0 bridgehead atoms. The van der Waals surface area contributed by atoms with Crippen LogP contribution in [0.25, 0.3) is 0 Å². The molecule has 4 nitrogen and oxygen atoms in total. The second kappa shape index (κ2) is 5.71. The summed E-state index contributed by atoms with van der Waals surface area (Å²) in [5, 5.41) is 8.97. The van der Waals surface area contributed by atoms with Crippen LogP contribution in [0.5, 0.6) is 5.75 Å². The van der Waals surface area contributed by atoms with E-state index in [4.69, 9.17) is 32.6 Å². The van der Waals surface area contributed by atoms with Crippen LogP contribution in [0.3, 0.4) is 0 Å². The van der Waals surface area contributed by atoms with Crippen LogP contribution in [0.15, 0.2) is 47.4 Å². The molecule has 2 aromatic carbocycles. The van der Waals surface area contributed by atoms with Crippen LogP contribution in [0, 0.1) is 11.3 Å². The van der Waals surface area contributed by atoms with E-state index >= 15 is 0 Å². The zero-order chi connectivity index (χ0) is 14.8. The minimum Gasteiger partial charge on any atom is -0.377 e. The normalized spacial score (nSPS) is 10.8. The average Bonchev–Trinajstić information content (AvgIpc) is 2.44. The Morgan fingerprint density at radius 2 is 1.80 bits per heavy atom. The second-order valence-electron chi connectivity index (χ2n) is 3.73. The third-order valence-corrected chi connectivity index (χ3v) is 4.40. The fraction of sp³-hybridized carbons (Fsp3) is 0. The summed E-state index contributed by atoms with van der Waals surface area (Å²) in [5.41, 5.74) is 0.215. The van der Waals surface area contributed by atoms with Gasteiger partial charge >= 0.3 is 10.1 Å². The summed E-state index contributed by atoms with van der Waals surface area (Å²) in [6.45, 7) is 0. The Balaban J connectivity index is 2.41. The van der Waals surface area contributed by atoms with Crippen molar-refractivity contribution in [3.8, 4) is 11.8 Å². The number of benzene rings is 2. The highest BCUT2D eigenvalue weighted by Crippen LogP contribution is 2.33. The van der Waals surface area contributed by atoms with Crippen LogP contribution >= 0.6 is 23.2 Å². The molecule has 20 heavy (non-hydrogen) atoms. The van der Waals surface area contributed by atoms with Crippen LogP contribution in [-0.2, 0) is 10.1 Å². The summed E-state index contributed by atoms with van der Waals surface area (Å²) >= 11 is 11.7. The second-order valence-corrected chi connectivity index (χ2v) is 6.06. The van der Waals surface area contributed by atoms with Crippen molar-refractivity contribution in [3.05, 3.63) is 58.1 Å². The molecule has 0 fully saturated rings. The molecule has 2 aromatic rings. The minimum absolute atomic E-state index is 0.00850. The van der Waals surface area contributed by atoms with Crippen molar-refractivity contribution in [3.63, 3.8) is 0 Å². The lowest BCUT2D eigenvalue weighted by Gasteiger charge is -2.09. The highest BCUT2D eigenvalue weighted by atomic mass is 35.5. The van der Waals surface area contributed by atoms with Gasteiger partial charge in [0.15, 0.2) is 5.75 Å². The van der Waals surface area contributed by atoms with Crippen LogP contribution < -0.4 is 4.18 Å². The predicted octanol–water partition coefficient (Wildman–Crippen LogP) is 3.63. The molecule has 0 aromatic heterocycles. The van der Waals surface area contributed by atoms with Gasteiger partial charge in [-0.1, -0.05) is 35.3 Å². The molecule has 0 N–H and O–H groups in total. The smallest absolute Gasteiger partial charge is 0.339 e. The summed E-state index contributed by atoms with van der Waals surface area (Å²) < 4.78 is 29.1. The van der Waals surface area contributed by atoms with Gasteiger partial charge in [0.2, 0.25) is 0 Å². The highest BCUT2D eigenvalue weighted by molar-refractivity contribution is 7.87. The molecule has 2 rings (SSSR count). The van der Waals surface area contributed by atoms with Gasteiger partial charge in [-0.2, -0.15) is 13.7 Å². The lowest BCUT2D eigenvalue weighted by atomic mass is 10.2. The summed E-state index contributed by atoms with van der Waals surface area (Å²) in [4.78, 5) is -0.132. The fourth-order valence-corrected chi connectivity index (χ4v) is 2.80. The summed E-state index contributed by atoms with van der Waals surface area (Å²) in [6, 6.07) is 11.8. The van der Waals surface area contributed by atoms with Gasteiger partial charge in [-0.05, 0) is 30.3 Å². The van der Waals surface area contributed by atoms with Gasteiger partial charge in [0.25, 0.3) is 0 Å². The molecule has 0 saturated heterocycles. The van der Waals surface area contributed by atoms with Crippen molar-refractivity contribution in [2.24, 2.45) is 0 Å². The number of hydrogen-bond acceptors (Lipinski definition) is 4. The maximum Gasteiger partial charge on any atom is 0.339 e. The van der Waals surface area contributed by atoms with E-state index in [-0.39, 0.29) is 26.3 Å². The van der Waals surface area contributed by atoms with Crippen molar-refractivity contribution in [2.45, 2.75) is 4.90 Å². The first kappa shape index (κ1) is 14.7. The Labute approximate surface area is 126 Å². The first-order valence-corrected chi connectivity index (χ1v) is 7.49.